The normalized spacial score (nSPS) is 12.7. The second-order valence-corrected chi connectivity index (χ2v) is 7.92. The number of hydrogen-bond acceptors (Lipinski definition) is 4. The highest BCUT2D eigenvalue weighted by Crippen LogP contribution is 2.24. The van der Waals surface area contributed by atoms with Crippen LogP contribution in [0.15, 0.2) is 65.7 Å². The first-order chi connectivity index (χ1) is 12.4. The van der Waals surface area contributed by atoms with Crippen LogP contribution in [-0.4, -0.2) is 25.2 Å². The Morgan fingerprint density at radius 2 is 1.69 bits per heavy atom. The largest absolute Gasteiger partial charge is 0.376 e. The Hall–Kier alpha value is -2.64. The Morgan fingerprint density at radius 1 is 1.04 bits per heavy atom. The first kappa shape index (κ1) is 18.2. The van der Waals surface area contributed by atoms with Gasteiger partial charge in [-0.25, -0.2) is 17.8 Å². The molecule has 2 N–H and O–H groups in total. The lowest BCUT2D eigenvalue weighted by molar-refractivity contribution is 0.588. The Bertz CT molecular complexity index is 980. The van der Waals surface area contributed by atoms with Crippen molar-refractivity contribution in [3.8, 4) is 5.69 Å². The van der Waals surface area contributed by atoms with Gasteiger partial charge in [-0.3, -0.25) is 0 Å². The Morgan fingerprint density at radius 3 is 2.31 bits per heavy atom. The van der Waals surface area contributed by atoms with Gasteiger partial charge in [-0.15, -0.1) is 0 Å². The molecule has 136 valence electrons. The van der Waals surface area contributed by atoms with E-state index in [4.69, 9.17) is 0 Å². The van der Waals surface area contributed by atoms with E-state index < -0.39 is 10.0 Å². The number of para-hydroxylation sites is 1. The summed E-state index contributed by atoms with van der Waals surface area (Å²) >= 11 is 0. The molecule has 1 aromatic heterocycles. The fourth-order valence-electron chi connectivity index (χ4n) is 2.75. The van der Waals surface area contributed by atoms with Crippen molar-refractivity contribution < 1.29 is 8.42 Å². The zero-order chi connectivity index (χ0) is 18.7. The third-order valence-electron chi connectivity index (χ3n) is 4.34. The van der Waals surface area contributed by atoms with Crippen LogP contribution in [0.4, 0.5) is 5.69 Å². The molecule has 7 heteroatoms. The topological polar surface area (TPSA) is 76.0 Å². The standard InChI is InChI=1S/C19H22N4O2S/c1-14(16-9-11-18(12-10-16)26(24,25)20-3)22-19-13-21-23(15(19)2)17-7-5-4-6-8-17/h4-14,20,22H,1-3H3. The zero-order valence-electron chi connectivity index (χ0n) is 15.0. The van der Waals surface area contributed by atoms with Crippen molar-refractivity contribution in [2.75, 3.05) is 12.4 Å². The summed E-state index contributed by atoms with van der Waals surface area (Å²) in [7, 11) is -2.01. The van der Waals surface area contributed by atoms with Crippen LogP contribution in [0.2, 0.25) is 0 Å². The quantitative estimate of drug-likeness (QED) is 0.698. The molecule has 1 atom stereocenters. The lowest BCUT2D eigenvalue weighted by atomic mass is 10.1. The van der Waals surface area contributed by atoms with Gasteiger partial charge in [0.05, 0.1) is 28.2 Å². The number of hydrogen-bond donors (Lipinski definition) is 2. The number of nitrogens with zero attached hydrogens (tertiary/aromatic N) is 2. The van der Waals surface area contributed by atoms with Gasteiger partial charge in [-0.2, -0.15) is 5.10 Å². The monoisotopic (exact) mass is 370 g/mol. The molecule has 0 radical (unpaired) electrons. The molecule has 1 unspecified atom stereocenters. The second kappa shape index (κ2) is 7.31. The molecule has 0 aliphatic heterocycles. The van der Waals surface area contributed by atoms with Crippen LogP contribution in [0.5, 0.6) is 0 Å². The summed E-state index contributed by atoms with van der Waals surface area (Å²) in [6.07, 6.45) is 1.80. The first-order valence-corrected chi connectivity index (χ1v) is 9.81. The molecule has 0 amide bonds. The van der Waals surface area contributed by atoms with Gasteiger partial charge in [0, 0.05) is 6.04 Å². The minimum Gasteiger partial charge on any atom is -0.376 e. The average Bonchev–Trinajstić information content (AvgIpc) is 3.03. The van der Waals surface area contributed by atoms with Crippen LogP contribution in [0.3, 0.4) is 0 Å². The van der Waals surface area contributed by atoms with E-state index >= 15 is 0 Å². The molecule has 0 aliphatic rings. The molecule has 3 rings (SSSR count). The van der Waals surface area contributed by atoms with Gasteiger partial charge in [0.1, 0.15) is 0 Å². The maximum Gasteiger partial charge on any atom is 0.240 e. The number of rotatable bonds is 6. The molecule has 0 spiro atoms. The lowest BCUT2D eigenvalue weighted by Crippen LogP contribution is -2.18. The SMILES string of the molecule is CNS(=O)(=O)c1ccc(C(C)Nc2cnn(-c3ccccc3)c2C)cc1. The Labute approximate surface area is 153 Å². The number of nitrogens with one attached hydrogen (secondary N) is 2. The fraction of sp³-hybridized carbons (Fsp3) is 0.211. The Kier molecular flexibility index (Phi) is 5.11. The molecule has 3 aromatic rings. The van der Waals surface area contributed by atoms with Crippen LogP contribution in [0, 0.1) is 6.92 Å². The minimum atomic E-state index is -3.42. The highest BCUT2D eigenvalue weighted by atomic mass is 32.2. The summed E-state index contributed by atoms with van der Waals surface area (Å²) in [5, 5.41) is 7.90. The number of anilines is 1. The molecule has 0 saturated carbocycles. The second-order valence-electron chi connectivity index (χ2n) is 6.03. The molecule has 1 heterocycles. The van der Waals surface area contributed by atoms with Crippen molar-refractivity contribution in [3.05, 3.63) is 72.1 Å². The predicted molar refractivity (Wildman–Crippen MR) is 103 cm³/mol. The van der Waals surface area contributed by atoms with Crippen molar-refractivity contribution in [2.24, 2.45) is 0 Å². The highest BCUT2D eigenvalue weighted by Gasteiger charge is 2.14. The van der Waals surface area contributed by atoms with E-state index in [0.29, 0.717) is 0 Å². The van der Waals surface area contributed by atoms with Crippen LogP contribution < -0.4 is 10.0 Å². The molecule has 0 fully saturated rings. The van der Waals surface area contributed by atoms with Gasteiger partial charge in [-0.1, -0.05) is 30.3 Å². The van der Waals surface area contributed by atoms with Crippen LogP contribution in [0.1, 0.15) is 24.2 Å². The number of aromatic nitrogens is 2. The van der Waals surface area contributed by atoms with Crippen LogP contribution >= 0.6 is 0 Å². The van der Waals surface area contributed by atoms with Gasteiger partial charge >= 0.3 is 0 Å². The summed E-state index contributed by atoms with van der Waals surface area (Å²) in [5.74, 6) is 0. The average molecular weight is 370 g/mol. The molecule has 0 bridgehead atoms. The summed E-state index contributed by atoms with van der Waals surface area (Å²) in [4.78, 5) is 0.254. The van der Waals surface area contributed by atoms with Crippen molar-refractivity contribution in [1.29, 1.82) is 0 Å². The lowest BCUT2D eigenvalue weighted by Gasteiger charge is -2.16. The van der Waals surface area contributed by atoms with Gasteiger partial charge in [-0.05, 0) is 50.7 Å². The van der Waals surface area contributed by atoms with Gasteiger partial charge in [0.15, 0.2) is 0 Å². The predicted octanol–water partition coefficient (Wildman–Crippen LogP) is 3.26. The van der Waals surface area contributed by atoms with Crippen molar-refractivity contribution in [2.45, 2.75) is 24.8 Å². The highest BCUT2D eigenvalue weighted by molar-refractivity contribution is 7.89. The molecule has 0 saturated heterocycles. The molecular formula is C19H22N4O2S. The van der Waals surface area contributed by atoms with Gasteiger partial charge < -0.3 is 5.32 Å². The van der Waals surface area contributed by atoms with Crippen molar-refractivity contribution >= 4 is 15.7 Å². The minimum absolute atomic E-state index is 0.00784. The van der Waals surface area contributed by atoms with E-state index in [1.807, 2.05) is 61.0 Å². The van der Waals surface area contributed by atoms with E-state index in [1.54, 1.807) is 18.3 Å². The van der Waals surface area contributed by atoms with Gasteiger partial charge in [0.25, 0.3) is 0 Å². The molecular weight excluding hydrogens is 348 g/mol. The molecule has 2 aromatic carbocycles. The summed E-state index contributed by atoms with van der Waals surface area (Å²) in [5.41, 5.74) is 3.95. The van der Waals surface area contributed by atoms with Crippen molar-refractivity contribution in [1.82, 2.24) is 14.5 Å². The summed E-state index contributed by atoms with van der Waals surface area (Å²) in [6, 6.07) is 16.8. The molecule has 6 nitrogen and oxygen atoms in total. The van der Waals surface area contributed by atoms with E-state index in [1.165, 1.54) is 7.05 Å². The van der Waals surface area contributed by atoms with Gasteiger partial charge in [0.2, 0.25) is 10.0 Å². The Balaban J connectivity index is 1.79. The number of benzene rings is 2. The molecule has 26 heavy (non-hydrogen) atoms. The summed E-state index contributed by atoms with van der Waals surface area (Å²) in [6.45, 7) is 4.04. The van der Waals surface area contributed by atoms with E-state index in [0.717, 1.165) is 22.6 Å². The van der Waals surface area contributed by atoms with E-state index in [9.17, 15) is 8.42 Å². The number of sulfonamides is 1. The molecule has 0 aliphatic carbocycles. The summed E-state index contributed by atoms with van der Waals surface area (Å²) < 4.78 is 27.8. The third kappa shape index (κ3) is 3.63. The van der Waals surface area contributed by atoms with Crippen molar-refractivity contribution in [3.63, 3.8) is 0 Å². The van der Waals surface area contributed by atoms with Crippen LogP contribution in [0.25, 0.3) is 5.69 Å². The van der Waals surface area contributed by atoms with E-state index in [2.05, 4.69) is 15.1 Å². The third-order valence-corrected chi connectivity index (χ3v) is 5.77. The fourth-order valence-corrected chi connectivity index (χ4v) is 3.48. The maximum absolute atomic E-state index is 11.8. The van der Waals surface area contributed by atoms with E-state index in [-0.39, 0.29) is 10.9 Å². The maximum atomic E-state index is 11.8. The van der Waals surface area contributed by atoms with Crippen LogP contribution in [-0.2, 0) is 10.0 Å². The zero-order valence-corrected chi connectivity index (χ0v) is 15.8. The smallest absolute Gasteiger partial charge is 0.240 e. The first-order valence-electron chi connectivity index (χ1n) is 8.32.